The molecule has 1 fully saturated rings. The van der Waals surface area contributed by atoms with Gasteiger partial charge in [-0.25, -0.2) is 0 Å². The highest BCUT2D eigenvalue weighted by molar-refractivity contribution is 5.39. The molecule has 0 aliphatic heterocycles. The molecule has 3 heteroatoms. The molecule has 0 heterocycles. The zero-order valence-corrected chi connectivity index (χ0v) is 12.0. The molecule has 1 aromatic carbocycles. The quantitative estimate of drug-likeness (QED) is 0.818. The van der Waals surface area contributed by atoms with Crippen molar-refractivity contribution in [3.8, 4) is 11.5 Å². The molecule has 0 amide bonds. The fourth-order valence-corrected chi connectivity index (χ4v) is 2.58. The Labute approximate surface area is 116 Å². The van der Waals surface area contributed by atoms with Crippen LogP contribution < -0.4 is 14.8 Å². The highest BCUT2D eigenvalue weighted by Gasteiger charge is 2.26. The number of nitrogens with one attached hydrogen (secondary N) is 1. The minimum atomic E-state index is 0.315. The second-order valence-corrected chi connectivity index (χ2v) is 5.10. The van der Waals surface area contributed by atoms with Gasteiger partial charge in [-0.3, -0.25) is 0 Å². The molecule has 0 radical (unpaired) electrons. The maximum Gasteiger partial charge on any atom is 0.161 e. The minimum Gasteiger partial charge on any atom is -0.490 e. The van der Waals surface area contributed by atoms with Gasteiger partial charge in [0, 0.05) is 6.04 Å². The number of benzene rings is 1. The van der Waals surface area contributed by atoms with Crippen LogP contribution in [-0.2, 0) is 0 Å². The van der Waals surface area contributed by atoms with Crippen molar-refractivity contribution in [3.63, 3.8) is 0 Å². The van der Waals surface area contributed by atoms with Crippen molar-refractivity contribution in [2.75, 3.05) is 13.2 Å². The first-order chi connectivity index (χ1) is 9.33. The van der Waals surface area contributed by atoms with Gasteiger partial charge in [0.15, 0.2) is 11.5 Å². The number of rotatable bonds is 7. The Morgan fingerprint density at radius 2 is 1.95 bits per heavy atom. The van der Waals surface area contributed by atoms with Crippen LogP contribution in [0.3, 0.4) is 0 Å². The van der Waals surface area contributed by atoms with Crippen LogP contribution in [0, 0.1) is 0 Å². The summed E-state index contributed by atoms with van der Waals surface area (Å²) in [6.45, 7) is 6.04. The molecule has 3 nitrogen and oxygen atoms in total. The van der Waals surface area contributed by atoms with Crippen LogP contribution in [0.5, 0.6) is 11.5 Å². The lowest BCUT2D eigenvalue weighted by molar-refractivity contribution is 0.192. The summed E-state index contributed by atoms with van der Waals surface area (Å²) in [6, 6.07) is 8.60. The molecular formula is C16H25NO2. The van der Waals surface area contributed by atoms with Crippen LogP contribution in [0.15, 0.2) is 24.3 Å². The molecule has 1 aliphatic carbocycles. The van der Waals surface area contributed by atoms with E-state index in [4.69, 9.17) is 9.47 Å². The topological polar surface area (TPSA) is 30.5 Å². The van der Waals surface area contributed by atoms with Crippen molar-refractivity contribution >= 4 is 0 Å². The number of ether oxygens (including phenoxy) is 2. The zero-order valence-electron chi connectivity index (χ0n) is 12.0. The average molecular weight is 263 g/mol. The van der Waals surface area contributed by atoms with Gasteiger partial charge in [0.1, 0.15) is 6.10 Å². The summed E-state index contributed by atoms with van der Waals surface area (Å²) in [7, 11) is 0. The van der Waals surface area contributed by atoms with Gasteiger partial charge >= 0.3 is 0 Å². The third-order valence-corrected chi connectivity index (χ3v) is 3.48. The second-order valence-electron chi connectivity index (χ2n) is 5.10. The molecule has 19 heavy (non-hydrogen) atoms. The average Bonchev–Trinajstić information content (AvgIpc) is 2.86. The monoisotopic (exact) mass is 263 g/mol. The van der Waals surface area contributed by atoms with E-state index in [-0.39, 0.29) is 0 Å². The molecule has 0 aromatic heterocycles. The summed E-state index contributed by atoms with van der Waals surface area (Å²) in [4.78, 5) is 0. The fraction of sp³-hybridized carbons (Fsp3) is 0.625. The predicted molar refractivity (Wildman–Crippen MR) is 78.0 cm³/mol. The van der Waals surface area contributed by atoms with Crippen molar-refractivity contribution in [2.45, 2.75) is 51.7 Å². The molecule has 0 bridgehead atoms. The van der Waals surface area contributed by atoms with Gasteiger partial charge in [-0.15, -0.1) is 0 Å². The first-order valence-corrected chi connectivity index (χ1v) is 7.45. The molecule has 1 N–H and O–H groups in total. The molecule has 2 rings (SSSR count). The van der Waals surface area contributed by atoms with Crippen LogP contribution in [0.1, 0.15) is 39.5 Å². The van der Waals surface area contributed by atoms with Crippen molar-refractivity contribution < 1.29 is 9.47 Å². The Hall–Kier alpha value is -1.22. The van der Waals surface area contributed by atoms with Crippen LogP contribution in [0.25, 0.3) is 0 Å². The largest absolute Gasteiger partial charge is 0.490 e. The van der Waals surface area contributed by atoms with Gasteiger partial charge in [-0.05, 0) is 44.4 Å². The number of hydrogen-bond donors (Lipinski definition) is 1. The summed E-state index contributed by atoms with van der Waals surface area (Å²) in [5, 5.41) is 3.50. The van der Waals surface area contributed by atoms with E-state index < -0.39 is 0 Å². The van der Waals surface area contributed by atoms with E-state index in [9.17, 15) is 0 Å². The van der Waals surface area contributed by atoms with Crippen molar-refractivity contribution in [1.29, 1.82) is 0 Å². The van der Waals surface area contributed by atoms with E-state index in [1.165, 1.54) is 6.42 Å². The highest BCUT2D eigenvalue weighted by Crippen LogP contribution is 2.31. The first-order valence-electron chi connectivity index (χ1n) is 7.45. The summed E-state index contributed by atoms with van der Waals surface area (Å²) in [5.74, 6) is 1.76. The van der Waals surface area contributed by atoms with Crippen molar-refractivity contribution in [1.82, 2.24) is 5.32 Å². The van der Waals surface area contributed by atoms with Gasteiger partial charge in [0.25, 0.3) is 0 Å². The smallest absolute Gasteiger partial charge is 0.161 e. The van der Waals surface area contributed by atoms with Gasteiger partial charge in [-0.2, -0.15) is 0 Å². The fourth-order valence-electron chi connectivity index (χ4n) is 2.58. The molecule has 2 unspecified atom stereocenters. The lowest BCUT2D eigenvalue weighted by atomic mass is 10.2. The van der Waals surface area contributed by atoms with Gasteiger partial charge in [0.2, 0.25) is 0 Å². The van der Waals surface area contributed by atoms with Crippen molar-refractivity contribution in [3.05, 3.63) is 24.3 Å². The minimum absolute atomic E-state index is 0.315. The Balaban J connectivity index is 1.92. The second kappa shape index (κ2) is 7.39. The van der Waals surface area contributed by atoms with Gasteiger partial charge in [-0.1, -0.05) is 26.0 Å². The Kier molecular flexibility index (Phi) is 5.52. The standard InChI is InChI=1S/C16H25NO2/c1-3-11-18-15-7-5-6-8-16(15)19-14-10-9-13(12-14)17-4-2/h5-8,13-14,17H,3-4,9-12H2,1-2H3. The first kappa shape index (κ1) is 14.2. The molecule has 2 atom stereocenters. The molecule has 1 saturated carbocycles. The summed E-state index contributed by atoms with van der Waals surface area (Å²) >= 11 is 0. The van der Waals surface area contributed by atoms with E-state index in [1.54, 1.807) is 0 Å². The maximum atomic E-state index is 6.12. The molecule has 1 aromatic rings. The third kappa shape index (κ3) is 4.13. The van der Waals surface area contributed by atoms with E-state index in [0.717, 1.165) is 43.9 Å². The van der Waals surface area contributed by atoms with Crippen LogP contribution in [0.2, 0.25) is 0 Å². The lowest BCUT2D eigenvalue weighted by Crippen LogP contribution is -2.27. The predicted octanol–water partition coefficient (Wildman–Crippen LogP) is 3.38. The van der Waals surface area contributed by atoms with Gasteiger partial charge in [0.05, 0.1) is 6.61 Å². The van der Waals surface area contributed by atoms with E-state index in [1.807, 2.05) is 24.3 Å². The third-order valence-electron chi connectivity index (χ3n) is 3.48. The van der Waals surface area contributed by atoms with Crippen LogP contribution in [-0.4, -0.2) is 25.3 Å². The van der Waals surface area contributed by atoms with Crippen molar-refractivity contribution in [2.24, 2.45) is 0 Å². The Morgan fingerprint density at radius 1 is 1.16 bits per heavy atom. The van der Waals surface area contributed by atoms with Gasteiger partial charge < -0.3 is 14.8 Å². The molecule has 1 aliphatic rings. The highest BCUT2D eigenvalue weighted by atomic mass is 16.5. The van der Waals surface area contributed by atoms with Crippen LogP contribution >= 0.6 is 0 Å². The number of para-hydroxylation sites is 2. The SMILES string of the molecule is CCCOc1ccccc1OC1CCC(NCC)C1. The Morgan fingerprint density at radius 3 is 2.68 bits per heavy atom. The van der Waals surface area contributed by atoms with E-state index >= 15 is 0 Å². The Bertz CT molecular complexity index is 381. The normalized spacial score (nSPS) is 22.4. The van der Waals surface area contributed by atoms with E-state index in [2.05, 4.69) is 19.2 Å². The molecule has 0 saturated heterocycles. The molecule has 0 spiro atoms. The summed E-state index contributed by atoms with van der Waals surface area (Å²) in [6.07, 6.45) is 4.75. The number of hydrogen-bond acceptors (Lipinski definition) is 3. The zero-order chi connectivity index (χ0) is 13.5. The lowest BCUT2D eigenvalue weighted by Gasteiger charge is -2.17. The summed E-state index contributed by atoms with van der Waals surface area (Å²) < 4.78 is 11.8. The van der Waals surface area contributed by atoms with Crippen LogP contribution in [0.4, 0.5) is 0 Å². The maximum absolute atomic E-state index is 6.12. The molecule has 106 valence electrons. The summed E-state index contributed by atoms with van der Waals surface area (Å²) in [5.41, 5.74) is 0. The molecular weight excluding hydrogens is 238 g/mol. The van der Waals surface area contributed by atoms with E-state index in [0.29, 0.717) is 12.1 Å².